The average Bonchev–Trinajstić information content (AvgIpc) is 2.52. The molecule has 1 aliphatic rings. The summed E-state index contributed by atoms with van der Waals surface area (Å²) < 4.78 is 6.84. The van der Waals surface area contributed by atoms with E-state index in [0.29, 0.717) is 31.7 Å². The lowest BCUT2D eigenvalue weighted by atomic mass is 9.98. The summed E-state index contributed by atoms with van der Waals surface area (Å²) in [4.78, 5) is 10.5. The Kier molecular flexibility index (Phi) is 3.39. The van der Waals surface area contributed by atoms with E-state index in [1.807, 2.05) is 0 Å². The molecule has 0 bridgehead atoms. The lowest BCUT2D eigenvalue weighted by molar-refractivity contribution is -0.385. The molecule has 7 heteroatoms. The van der Waals surface area contributed by atoms with Gasteiger partial charge in [0.15, 0.2) is 0 Å². The number of aryl methyl sites for hydroxylation is 1. The van der Waals surface area contributed by atoms with Crippen LogP contribution in [0.15, 0.2) is 6.20 Å². The van der Waals surface area contributed by atoms with E-state index < -0.39 is 11.0 Å². The maximum atomic E-state index is 10.9. The van der Waals surface area contributed by atoms with Gasteiger partial charge in [-0.25, -0.2) is 0 Å². The van der Waals surface area contributed by atoms with Crippen molar-refractivity contribution in [3.8, 4) is 0 Å². The van der Waals surface area contributed by atoms with Crippen molar-refractivity contribution in [1.82, 2.24) is 9.78 Å². The predicted molar refractivity (Wildman–Crippen MR) is 58.7 cm³/mol. The van der Waals surface area contributed by atoms with Crippen molar-refractivity contribution in [2.75, 3.05) is 13.2 Å². The zero-order valence-corrected chi connectivity index (χ0v) is 9.57. The van der Waals surface area contributed by atoms with Gasteiger partial charge in [-0.2, -0.15) is 5.10 Å². The molecule has 0 spiro atoms. The van der Waals surface area contributed by atoms with Crippen LogP contribution in [0.25, 0.3) is 0 Å². The number of hydrogen-bond donors (Lipinski definition) is 1. The second kappa shape index (κ2) is 4.80. The number of hydrogen-bond acceptors (Lipinski definition) is 5. The van der Waals surface area contributed by atoms with E-state index in [2.05, 4.69) is 5.10 Å². The minimum absolute atomic E-state index is 0.0255. The summed E-state index contributed by atoms with van der Waals surface area (Å²) in [5, 5.41) is 24.3. The van der Waals surface area contributed by atoms with Gasteiger partial charge in [0, 0.05) is 13.0 Å². The van der Waals surface area contributed by atoms with Crippen LogP contribution in [0.5, 0.6) is 0 Å². The Hall–Kier alpha value is -1.47. The van der Waals surface area contributed by atoms with Crippen molar-refractivity contribution in [3.63, 3.8) is 0 Å². The van der Waals surface area contributed by atoms with Gasteiger partial charge in [0.05, 0.1) is 24.2 Å². The molecule has 2 atom stereocenters. The van der Waals surface area contributed by atoms with Gasteiger partial charge in [-0.3, -0.25) is 14.8 Å². The van der Waals surface area contributed by atoms with Gasteiger partial charge < -0.3 is 9.84 Å². The second-order valence-electron chi connectivity index (χ2n) is 4.26. The Morgan fingerprint density at radius 2 is 2.35 bits per heavy atom. The highest BCUT2D eigenvalue weighted by Gasteiger charge is 2.29. The number of nitrogens with zero attached hydrogens (tertiary/aromatic N) is 3. The molecule has 0 saturated carbocycles. The van der Waals surface area contributed by atoms with Gasteiger partial charge in [0.2, 0.25) is 0 Å². The van der Waals surface area contributed by atoms with E-state index >= 15 is 0 Å². The van der Waals surface area contributed by atoms with Crippen LogP contribution in [0.2, 0.25) is 0 Å². The zero-order chi connectivity index (χ0) is 12.4. The quantitative estimate of drug-likeness (QED) is 0.604. The number of rotatable bonds is 2. The summed E-state index contributed by atoms with van der Waals surface area (Å²) in [6.45, 7) is 0.680. The van der Waals surface area contributed by atoms with Gasteiger partial charge in [-0.15, -0.1) is 0 Å². The number of ether oxygens (including phenoxy) is 1. The van der Waals surface area contributed by atoms with Crippen LogP contribution in [0, 0.1) is 10.1 Å². The average molecular weight is 241 g/mol. The van der Waals surface area contributed by atoms with Gasteiger partial charge in [-0.1, -0.05) is 0 Å². The molecule has 0 unspecified atom stereocenters. The highest BCUT2D eigenvalue weighted by Crippen LogP contribution is 2.31. The highest BCUT2D eigenvalue weighted by atomic mass is 16.6. The third kappa shape index (κ3) is 2.45. The van der Waals surface area contributed by atoms with E-state index in [0.717, 1.165) is 0 Å². The van der Waals surface area contributed by atoms with E-state index in [1.54, 1.807) is 7.05 Å². The maximum Gasteiger partial charge on any atom is 0.310 e. The van der Waals surface area contributed by atoms with Crippen LogP contribution in [-0.4, -0.2) is 39.1 Å². The summed E-state index contributed by atoms with van der Waals surface area (Å²) in [7, 11) is 1.68. The number of nitro groups is 1. The molecule has 1 fully saturated rings. The fourth-order valence-corrected chi connectivity index (χ4v) is 2.17. The van der Waals surface area contributed by atoms with Gasteiger partial charge in [0.1, 0.15) is 11.9 Å². The summed E-state index contributed by atoms with van der Waals surface area (Å²) in [5.74, 6) is -0.0833. The van der Waals surface area contributed by atoms with E-state index in [9.17, 15) is 15.2 Å². The zero-order valence-electron chi connectivity index (χ0n) is 9.57. The first-order valence-corrected chi connectivity index (χ1v) is 5.51. The minimum Gasteiger partial charge on any atom is -0.391 e. The molecule has 94 valence electrons. The van der Waals surface area contributed by atoms with Crippen molar-refractivity contribution in [1.29, 1.82) is 0 Å². The van der Waals surface area contributed by atoms with Crippen molar-refractivity contribution in [3.05, 3.63) is 22.0 Å². The van der Waals surface area contributed by atoms with Crippen molar-refractivity contribution < 1.29 is 14.8 Å². The molecule has 0 amide bonds. The Labute approximate surface area is 98.1 Å². The summed E-state index contributed by atoms with van der Waals surface area (Å²) >= 11 is 0. The summed E-state index contributed by atoms with van der Waals surface area (Å²) in [6.07, 6.45) is 2.04. The van der Waals surface area contributed by atoms with Crippen molar-refractivity contribution in [2.24, 2.45) is 7.05 Å². The Morgan fingerprint density at radius 3 is 3.06 bits per heavy atom. The fourth-order valence-electron chi connectivity index (χ4n) is 2.17. The normalized spacial score (nSPS) is 25.5. The first kappa shape index (κ1) is 12.0. The van der Waals surface area contributed by atoms with Crippen LogP contribution in [0.4, 0.5) is 5.69 Å². The van der Waals surface area contributed by atoms with E-state index in [1.165, 1.54) is 10.9 Å². The largest absolute Gasteiger partial charge is 0.391 e. The van der Waals surface area contributed by atoms with Crippen LogP contribution in [0.1, 0.15) is 24.5 Å². The summed E-state index contributed by atoms with van der Waals surface area (Å²) in [6, 6.07) is 0. The van der Waals surface area contributed by atoms with Crippen molar-refractivity contribution in [2.45, 2.75) is 24.9 Å². The fraction of sp³-hybridized carbons (Fsp3) is 0.700. The molecule has 2 heterocycles. The number of aliphatic hydroxyl groups excluding tert-OH is 1. The maximum absolute atomic E-state index is 10.9. The van der Waals surface area contributed by atoms with Crippen LogP contribution >= 0.6 is 0 Å². The predicted octanol–water partition coefficient (Wildman–Crippen LogP) is 0.583. The molecule has 1 aromatic rings. The SMILES string of the molecule is Cn1ncc([N+](=O)[O-])c1[C@@H]1CC[C@@H](O)COC1. The molecule has 0 aromatic carbocycles. The third-order valence-corrected chi connectivity index (χ3v) is 3.03. The Balaban J connectivity index is 2.26. The molecule has 1 aromatic heterocycles. The Morgan fingerprint density at radius 1 is 1.59 bits per heavy atom. The molecule has 1 saturated heterocycles. The third-order valence-electron chi connectivity index (χ3n) is 3.03. The van der Waals surface area contributed by atoms with E-state index in [4.69, 9.17) is 4.74 Å². The number of aromatic nitrogens is 2. The number of aliphatic hydroxyl groups is 1. The molecule has 17 heavy (non-hydrogen) atoms. The molecule has 7 nitrogen and oxygen atoms in total. The van der Waals surface area contributed by atoms with E-state index in [-0.39, 0.29) is 11.6 Å². The van der Waals surface area contributed by atoms with Crippen molar-refractivity contribution >= 4 is 5.69 Å². The Bertz CT molecular complexity index is 418. The highest BCUT2D eigenvalue weighted by molar-refractivity contribution is 5.36. The lowest BCUT2D eigenvalue weighted by Gasteiger charge is -2.13. The van der Waals surface area contributed by atoms with Crippen LogP contribution in [-0.2, 0) is 11.8 Å². The molecule has 1 aliphatic heterocycles. The molecule has 0 aliphatic carbocycles. The minimum atomic E-state index is -0.479. The molecule has 2 rings (SSSR count). The topological polar surface area (TPSA) is 90.4 Å². The summed E-state index contributed by atoms with van der Waals surface area (Å²) in [5.41, 5.74) is 0.599. The van der Waals surface area contributed by atoms with Gasteiger partial charge >= 0.3 is 5.69 Å². The first-order valence-electron chi connectivity index (χ1n) is 5.51. The second-order valence-corrected chi connectivity index (χ2v) is 4.26. The lowest BCUT2D eigenvalue weighted by Crippen LogP contribution is -2.12. The van der Waals surface area contributed by atoms with Gasteiger partial charge in [0.25, 0.3) is 0 Å². The monoisotopic (exact) mass is 241 g/mol. The van der Waals surface area contributed by atoms with Crippen LogP contribution < -0.4 is 0 Å². The smallest absolute Gasteiger partial charge is 0.310 e. The first-order chi connectivity index (χ1) is 8.09. The van der Waals surface area contributed by atoms with Gasteiger partial charge in [-0.05, 0) is 12.8 Å². The molecule has 1 N–H and O–H groups in total. The molecular formula is C10H15N3O4. The molecular weight excluding hydrogens is 226 g/mol. The molecule has 0 radical (unpaired) electrons. The van der Waals surface area contributed by atoms with Crippen LogP contribution in [0.3, 0.4) is 0 Å². The standard InChI is InChI=1S/C10H15N3O4/c1-12-10(9(4-11-12)13(15)16)7-2-3-8(14)6-17-5-7/h4,7-8,14H,2-3,5-6H2,1H3/t7-,8-/m1/s1.